The molecule has 0 aromatic heterocycles. The van der Waals surface area contributed by atoms with E-state index in [4.69, 9.17) is 16.3 Å². The van der Waals surface area contributed by atoms with Gasteiger partial charge in [-0.15, -0.1) is 0 Å². The van der Waals surface area contributed by atoms with Crippen molar-refractivity contribution in [3.8, 4) is 6.07 Å². The van der Waals surface area contributed by atoms with Gasteiger partial charge in [-0.2, -0.15) is 18.4 Å². The molecule has 1 aliphatic rings. The molecule has 6 nitrogen and oxygen atoms in total. The Bertz CT molecular complexity index is 841. The summed E-state index contributed by atoms with van der Waals surface area (Å²) in [6.07, 6.45) is -2.30. The summed E-state index contributed by atoms with van der Waals surface area (Å²) < 4.78 is 43.8. The maximum Gasteiger partial charge on any atom is 0.417 e. The average Bonchev–Trinajstić information content (AvgIpc) is 2.67. The molecule has 1 aromatic carbocycles. The topological polar surface area (TPSA) is 82.4 Å². The Morgan fingerprint density at radius 2 is 2.03 bits per heavy atom. The van der Waals surface area contributed by atoms with Crippen molar-refractivity contribution in [3.63, 3.8) is 0 Å². The molecule has 1 heterocycles. The molecule has 0 bridgehead atoms. The Labute approximate surface area is 170 Å². The van der Waals surface area contributed by atoms with Gasteiger partial charge in [0.05, 0.1) is 23.1 Å². The van der Waals surface area contributed by atoms with Gasteiger partial charge in [-0.1, -0.05) is 11.6 Å². The number of rotatable bonds is 5. The molecule has 0 atom stereocenters. The molecule has 0 saturated carbocycles. The first-order chi connectivity index (χ1) is 13.7. The largest absolute Gasteiger partial charge is 0.466 e. The molecule has 1 aliphatic heterocycles. The first kappa shape index (κ1) is 22.6. The van der Waals surface area contributed by atoms with Crippen molar-refractivity contribution in [3.05, 3.63) is 40.6 Å². The number of piperidine rings is 1. The summed E-state index contributed by atoms with van der Waals surface area (Å²) in [5, 5.41) is 11.0. The predicted octanol–water partition coefficient (Wildman–Crippen LogP) is 3.98. The molecule has 0 unspecified atom stereocenters. The van der Waals surface area contributed by atoms with E-state index in [1.165, 1.54) is 12.3 Å². The monoisotopic (exact) mass is 429 g/mol. The molecule has 0 radical (unpaired) electrons. The molecule has 29 heavy (non-hydrogen) atoms. The minimum absolute atomic E-state index is 0.131. The van der Waals surface area contributed by atoms with E-state index < -0.39 is 22.7 Å². The number of amides is 1. The zero-order valence-electron chi connectivity index (χ0n) is 15.6. The van der Waals surface area contributed by atoms with Crippen LogP contribution < -0.4 is 5.32 Å². The van der Waals surface area contributed by atoms with Crippen LogP contribution in [0.1, 0.15) is 25.3 Å². The molecule has 1 amide bonds. The number of ether oxygens (including phenoxy) is 1. The number of nitriles is 1. The van der Waals surface area contributed by atoms with Crippen LogP contribution in [0, 0.1) is 17.2 Å². The average molecular weight is 430 g/mol. The number of benzene rings is 1. The van der Waals surface area contributed by atoms with E-state index in [1.54, 1.807) is 17.9 Å². The molecule has 1 fully saturated rings. The number of likely N-dealkylation sites (tertiary alicyclic amines) is 1. The molecule has 1 saturated heterocycles. The van der Waals surface area contributed by atoms with Crippen molar-refractivity contribution in [2.75, 3.05) is 25.0 Å². The van der Waals surface area contributed by atoms with Crippen molar-refractivity contribution in [2.45, 2.75) is 25.9 Å². The normalized spacial score (nSPS) is 15.6. The van der Waals surface area contributed by atoms with Gasteiger partial charge in [-0.05, 0) is 38.0 Å². The molecule has 156 valence electrons. The zero-order valence-corrected chi connectivity index (χ0v) is 16.3. The maximum atomic E-state index is 12.9. The highest BCUT2D eigenvalue weighted by atomic mass is 35.5. The lowest BCUT2D eigenvalue weighted by Crippen LogP contribution is -2.34. The lowest BCUT2D eigenvalue weighted by molar-refractivity contribution is -0.149. The molecule has 2 rings (SSSR count). The summed E-state index contributed by atoms with van der Waals surface area (Å²) in [6, 6.07) is 4.70. The molecule has 0 spiro atoms. The van der Waals surface area contributed by atoms with Crippen LogP contribution in [0.2, 0.25) is 5.02 Å². The van der Waals surface area contributed by atoms with E-state index >= 15 is 0 Å². The Morgan fingerprint density at radius 1 is 1.38 bits per heavy atom. The van der Waals surface area contributed by atoms with Crippen molar-refractivity contribution in [1.82, 2.24) is 4.90 Å². The van der Waals surface area contributed by atoms with E-state index in [1.807, 2.05) is 0 Å². The third-order valence-corrected chi connectivity index (χ3v) is 4.69. The number of alkyl halides is 3. The third-order valence-electron chi connectivity index (χ3n) is 4.36. The second-order valence-corrected chi connectivity index (χ2v) is 6.77. The van der Waals surface area contributed by atoms with E-state index in [2.05, 4.69) is 5.32 Å². The number of hydrogen-bond donors (Lipinski definition) is 1. The molecular formula is C19H19ClF3N3O3. The molecule has 0 aliphatic carbocycles. The Kier molecular flexibility index (Phi) is 7.51. The second kappa shape index (κ2) is 9.65. The second-order valence-electron chi connectivity index (χ2n) is 6.36. The SMILES string of the molecule is CCOC(=O)C1CCN(/C=C(/C#N)C(=O)Nc2ccc(Cl)c(C(F)(F)F)c2)CC1. The summed E-state index contributed by atoms with van der Waals surface area (Å²) in [4.78, 5) is 25.8. The number of anilines is 1. The summed E-state index contributed by atoms with van der Waals surface area (Å²) in [5.41, 5.74) is -1.47. The highest BCUT2D eigenvalue weighted by Crippen LogP contribution is 2.36. The van der Waals surface area contributed by atoms with E-state index in [0.29, 0.717) is 38.6 Å². The van der Waals surface area contributed by atoms with Gasteiger partial charge < -0.3 is 15.0 Å². The van der Waals surface area contributed by atoms with E-state index in [-0.39, 0.29) is 23.1 Å². The van der Waals surface area contributed by atoms with Crippen LogP contribution in [0.5, 0.6) is 0 Å². The maximum absolute atomic E-state index is 12.9. The minimum Gasteiger partial charge on any atom is -0.466 e. The minimum atomic E-state index is -4.67. The van der Waals surface area contributed by atoms with Crippen LogP contribution in [0.15, 0.2) is 30.0 Å². The lowest BCUT2D eigenvalue weighted by Gasteiger charge is -2.30. The number of hydrogen-bond acceptors (Lipinski definition) is 5. The van der Waals surface area contributed by atoms with Gasteiger partial charge >= 0.3 is 12.1 Å². The Morgan fingerprint density at radius 3 is 2.59 bits per heavy atom. The van der Waals surface area contributed by atoms with Gasteiger partial charge in [0.1, 0.15) is 11.6 Å². The molecule has 10 heteroatoms. The van der Waals surface area contributed by atoms with Crippen LogP contribution >= 0.6 is 11.6 Å². The smallest absolute Gasteiger partial charge is 0.417 e. The number of carbonyl (C=O) groups is 2. The van der Waals surface area contributed by atoms with Gasteiger partial charge in [-0.25, -0.2) is 0 Å². The van der Waals surface area contributed by atoms with Crippen molar-refractivity contribution < 1.29 is 27.5 Å². The fourth-order valence-electron chi connectivity index (χ4n) is 2.86. The number of esters is 1. The standard InChI is InChI=1S/C19H19ClF3N3O3/c1-2-29-18(28)12-5-7-26(8-6-12)11-13(10-24)17(27)25-14-3-4-16(20)15(9-14)19(21,22)23/h3-4,9,11-12H,2,5-8H2,1H3,(H,25,27)/b13-11-. The number of nitrogens with zero attached hydrogens (tertiary/aromatic N) is 2. The highest BCUT2D eigenvalue weighted by molar-refractivity contribution is 6.31. The van der Waals surface area contributed by atoms with E-state index in [9.17, 15) is 28.0 Å². The fourth-order valence-corrected chi connectivity index (χ4v) is 3.09. The quantitative estimate of drug-likeness (QED) is 0.435. The molecule has 1 N–H and O–H groups in total. The van der Waals surface area contributed by atoms with Crippen molar-refractivity contribution in [2.24, 2.45) is 5.92 Å². The van der Waals surface area contributed by atoms with Gasteiger partial charge in [0.25, 0.3) is 5.91 Å². The van der Waals surface area contributed by atoms with Crippen molar-refractivity contribution in [1.29, 1.82) is 5.26 Å². The highest BCUT2D eigenvalue weighted by Gasteiger charge is 2.33. The van der Waals surface area contributed by atoms with Gasteiger partial charge in [-0.3, -0.25) is 9.59 Å². The predicted molar refractivity (Wildman–Crippen MR) is 99.7 cm³/mol. The third kappa shape index (κ3) is 6.12. The van der Waals surface area contributed by atoms with Crippen LogP contribution in [0.4, 0.5) is 18.9 Å². The van der Waals surface area contributed by atoms with Crippen LogP contribution in [-0.2, 0) is 20.5 Å². The zero-order chi connectivity index (χ0) is 21.6. The van der Waals surface area contributed by atoms with Gasteiger partial charge in [0.15, 0.2) is 0 Å². The fraction of sp³-hybridized carbons (Fsp3) is 0.421. The van der Waals surface area contributed by atoms with Crippen molar-refractivity contribution >= 4 is 29.2 Å². The summed E-state index contributed by atoms with van der Waals surface area (Å²) >= 11 is 5.55. The number of halogens is 4. The van der Waals surface area contributed by atoms with Gasteiger partial charge in [0, 0.05) is 25.0 Å². The van der Waals surface area contributed by atoms with Crippen LogP contribution in [0.25, 0.3) is 0 Å². The molecular weight excluding hydrogens is 411 g/mol. The number of nitrogens with one attached hydrogen (secondary N) is 1. The summed E-state index contributed by atoms with van der Waals surface area (Å²) in [6.45, 7) is 2.92. The van der Waals surface area contributed by atoms with Crippen LogP contribution in [-0.4, -0.2) is 36.5 Å². The number of carbonyl (C=O) groups excluding carboxylic acids is 2. The van der Waals surface area contributed by atoms with Crippen LogP contribution in [0.3, 0.4) is 0 Å². The van der Waals surface area contributed by atoms with E-state index in [0.717, 1.165) is 6.07 Å². The summed E-state index contributed by atoms with van der Waals surface area (Å²) in [5.74, 6) is -1.33. The summed E-state index contributed by atoms with van der Waals surface area (Å²) in [7, 11) is 0. The lowest BCUT2D eigenvalue weighted by atomic mass is 9.97. The van der Waals surface area contributed by atoms with Gasteiger partial charge in [0.2, 0.25) is 0 Å². The first-order valence-corrected chi connectivity index (χ1v) is 9.24. The molecule has 1 aromatic rings. The Hall–Kier alpha value is -2.73. The first-order valence-electron chi connectivity index (χ1n) is 8.86. The Balaban J connectivity index is 2.05.